The summed E-state index contributed by atoms with van der Waals surface area (Å²) in [5, 5.41) is 10.1. The standard InChI is InChI=1S/C21H27BrO/c1-14-12-18(13-15(2)21(14)23)20(16-6-4-3-5-7-16)17-8-10-19(22)11-9-17/h8-10,12-13,16,19-20,23H,3-7,11H2,1-2H3. The molecule has 0 saturated heterocycles. The molecule has 0 bridgehead atoms. The molecule has 1 aromatic carbocycles. The van der Waals surface area contributed by atoms with Gasteiger partial charge in [0.25, 0.3) is 0 Å². The van der Waals surface area contributed by atoms with Crippen molar-refractivity contribution in [2.45, 2.75) is 63.1 Å². The maximum Gasteiger partial charge on any atom is 0.121 e. The Bertz CT molecular complexity index is 600. The van der Waals surface area contributed by atoms with Crippen LogP contribution in [0.25, 0.3) is 0 Å². The molecule has 1 saturated carbocycles. The maximum absolute atomic E-state index is 10.1. The molecule has 0 aromatic heterocycles. The van der Waals surface area contributed by atoms with Crippen molar-refractivity contribution in [3.8, 4) is 5.75 Å². The molecule has 1 aromatic rings. The molecule has 3 rings (SSSR count). The highest BCUT2D eigenvalue weighted by Gasteiger charge is 2.28. The predicted molar refractivity (Wildman–Crippen MR) is 101 cm³/mol. The van der Waals surface area contributed by atoms with Crippen molar-refractivity contribution in [2.75, 3.05) is 0 Å². The highest BCUT2D eigenvalue weighted by molar-refractivity contribution is 9.09. The van der Waals surface area contributed by atoms with Crippen molar-refractivity contribution in [2.24, 2.45) is 5.92 Å². The molecule has 1 nitrogen and oxygen atoms in total. The van der Waals surface area contributed by atoms with E-state index in [4.69, 9.17) is 0 Å². The Morgan fingerprint density at radius 3 is 2.30 bits per heavy atom. The molecule has 0 radical (unpaired) electrons. The Labute approximate surface area is 148 Å². The van der Waals surface area contributed by atoms with Crippen molar-refractivity contribution >= 4 is 15.9 Å². The fourth-order valence-electron chi connectivity index (χ4n) is 4.21. The van der Waals surface area contributed by atoms with Gasteiger partial charge in [-0.15, -0.1) is 0 Å². The first-order valence-electron chi connectivity index (χ1n) is 8.88. The molecule has 23 heavy (non-hydrogen) atoms. The second kappa shape index (κ2) is 7.25. The molecule has 124 valence electrons. The van der Waals surface area contributed by atoms with Gasteiger partial charge in [-0.05, 0) is 61.3 Å². The van der Waals surface area contributed by atoms with E-state index in [9.17, 15) is 5.11 Å². The van der Waals surface area contributed by atoms with Gasteiger partial charge in [0.2, 0.25) is 0 Å². The lowest BCUT2D eigenvalue weighted by Gasteiger charge is -2.33. The minimum absolute atomic E-state index is 0.449. The molecule has 2 heteroatoms. The summed E-state index contributed by atoms with van der Waals surface area (Å²) in [4.78, 5) is 0.474. The van der Waals surface area contributed by atoms with E-state index >= 15 is 0 Å². The van der Waals surface area contributed by atoms with Crippen LogP contribution in [0.1, 0.15) is 61.1 Å². The number of rotatable bonds is 3. The Hall–Kier alpha value is -1.02. The van der Waals surface area contributed by atoms with E-state index in [1.54, 1.807) is 0 Å². The average molecular weight is 375 g/mol. The number of aromatic hydroxyl groups is 1. The van der Waals surface area contributed by atoms with Crippen molar-refractivity contribution in [1.29, 1.82) is 0 Å². The Kier molecular flexibility index (Phi) is 5.31. The minimum Gasteiger partial charge on any atom is -0.507 e. The van der Waals surface area contributed by atoms with Crippen LogP contribution in [0, 0.1) is 19.8 Å². The van der Waals surface area contributed by atoms with E-state index in [2.05, 4.69) is 46.3 Å². The second-order valence-electron chi connectivity index (χ2n) is 7.19. The largest absolute Gasteiger partial charge is 0.507 e. The summed E-state index contributed by atoms with van der Waals surface area (Å²) in [6.45, 7) is 4.03. The maximum atomic E-state index is 10.1. The van der Waals surface area contributed by atoms with Crippen LogP contribution in [0.4, 0.5) is 0 Å². The zero-order chi connectivity index (χ0) is 16.4. The number of allylic oxidation sites excluding steroid dienone is 4. The van der Waals surface area contributed by atoms with E-state index in [0.29, 0.717) is 16.5 Å². The monoisotopic (exact) mass is 374 g/mol. The Balaban J connectivity index is 1.99. The lowest BCUT2D eigenvalue weighted by atomic mass is 9.72. The van der Waals surface area contributed by atoms with Crippen molar-refractivity contribution in [1.82, 2.24) is 0 Å². The molecule has 2 aliphatic carbocycles. The smallest absolute Gasteiger partial charge is 0.121 e. The third-order valence-corrected chi connectivity index (χ3v) is 6.11. The first-order chi connectivity index (χ1) is 11.1. The second-order valence-corrected chi connectivity index (χ2v) is 8.37. The summed E-state index contributed by atoms with van der Waals surface area (Å²) in [6.07, 6.45) is 14.8. The highest BCUT2D eigenvalue weighted by atomic mass is 79.9. The van der Waals surface area contributed by atoms with E-state index in [0.717, 1.165) is 23.5 Å². The van der Waals surface area contributed by atoms with Gasteiger partial charge >= 0.3 is 0 Å². The van der Waals surface area contributed by atoms with Crippen LogP contribution >= 0.6 is 15.9 Å². The fraction of sp³-hybridized carbons (Fsp3) is 0.524. The van der Waals surface area contributed by atoms with Crippen LogP contribution in [0.15, 0.2) is 35.9 Å². The van der Waals surface area contributed by atoms with Gasteiger partial charge in [-0.2, -0.15) is 0 Å². The molecule has 2 atom stereocenters. The van der Waals surface area contributed by atoms with Gasteiger partial charge in [-0.1, -0.05) is 65.6 Å². The van der Waals surface area contributed by atoms with Gasteiger partial charge in [0.05, 0.1) is 0 Å². The molecule has 2 aliphatic rings. The topological polar surface area (TPSA) is 20.2 Å². The van der Waals surface area contributed by atoms with Crippen LogP contribution in [-0.2, 0) is 0 Å². The molecule has 0 amide bonds. The average Bonchev–Trinajstić information content (AvgIpc) is 2.55. The van der Waals surface area contributed by atoms with Crippen molar-refractivity contribution in [3.05, 3.63) is 52.6 Å². The van der Waals surface area contributed by atoms with Gasteiger partial charge in [0.15, 0.2) is 0 Å². The van der Waals surface area contributed by atoms with Crippen molar-refractivity contribution < 1.29 is 5.11 Å². The zero-order valence-electron chi connectivity index (χ0n) is 14.2. The summed E-state index contributed by atoms with van der Waals surface area (Å²) >= 11 is 3.69. The number of phenolic OH excluding ortho intramolecular Hbond substituents is 1. The Morgan fingerprint density at radius 1 is 1.09 bits per heavy atom. The molecule has 0 aliphatic heterocycles. The van der Waals surface area contributed by atoms with Gasteiger partial charge in [0.1, 0.15) is 5.75 Å². The number of hydrogen-bond acceptors (Lipinski definition) is 1. The van der Waals surface area contributed by atoms with Crippen LogP contribution in [0.2, 0.25) is 0 Å². The lowest BCUT2D eigenvalue weighted by molar-refractivity contribution is 0.326. The summed E-state index contributed by atoms with van der Waals surface area (Å²) in [6, 6.07) is 4.41. The van der Waals surface area contributed by atoms with Gasteiger partial charge in [0, 0.05) is 10.7 Å². The molecule has 0 heterocycles. The predicted octanol–water partition coefficient (Wildman–Crippen LogP) is 6.32. The lowest BCUT2D eigenvalue weighted by Crippen LogP contribution is -2.19. The minimum atomic E-state index is 0.449. The molecule has 1 fully saturated rings. The fourth-order valence-corrected chi connectivity index (χ4v) is 4.55. The zero-order valence-corrected chi connectivity index (χ0v) is 15.8. The number of hydrogen-bond donors (Lipinski definition) is 1. The molecule has 2 unspecified atom stereocenters. The quantitative estimate of drug-likeness (QED) is 0.613. The number of halogens is 1. The number of alkyl halides is 1. The van der Waals surface area contributed by atoms with Gasteiger partial charge in [-0.25, -0.2) is 0 Å². The first-order valence-corrected chi connectivity index (χ1v) is 9.80. The van der Waals surface area contributed by atoms with Gasteiger partial charge < -0.3 is 5.11 Å². The van der Waals surface area contributed by atoms with Crippen molar-refractivity contribution in [3.63, 3.8) is 0 Å². The first kappa shape index (κ1) is 16.8. The Morgan fingerprint density at radius 2 is 1.74 bits per heavy atom. The van der Waals surface area contributed by atoms with Crippen LogP contribution in [-0.4, -0.2) is 9.93 Å². The van der Waals surface area contributed by atoms with E-state index in [1.807, 2.05) is 13.8 Å². The number of benzene rings is 1. The SMILES string of the molecule is Cc1cc(C(C2=CCC(Br)C=C2)C2CCCCC2)cc(C)c1O. The highest BCUT2D eigenvalue weighted by Crippen LogP contribution is 2.43. The molecular formula is C21H27BrO. The van der Waals surface area contributed by atoms with E-state index in [1.165, 1.54) is 43.2 Å². The summed E-state index contributed by atoms with van der Waals surface area (Å²) in [7, 11) is 0. The summed E-state index contributed by atoms with van der Waals surface area (Å²) < 4.78 is 0. The van der Waals surface area contributed by atoms with Gasteiger partial charge in [-0.3, -0.25) is 0 Å². The van der Waals surface area contributed by atoms with Crippen LogP contribution in [0.3, 0.4) is 0 Å². The third kappa shape index (κ3) is 3.74. The third-order valence-electron chi connectivity index (χ3n) is 5.43. The van der Waals surface area contributed by atoms with E-state index < -0.39 is 0 Å². The molecule has 1 N–H and O–H groups in total. The van der Waals surface area contributed by atoms with Crippen LogP contribution < -0.4 is 0 Å². The number of aryl methyl sites for hydroxylation is 2. The molecule has 0 spiro atoms. The summed E-state index contributed by atoms with van der Waals surface area (Å²) in [5.41, 5.74) is 4.85. The van der Waals surface area contributed by atoms with E-state index in [-0.39, 0.29) is 0 Å². The van der Waals surface area contributed by atoms with Crippen LogP contribution in [0.5, 0.6) is 5.75 Å². The number of phenols is 1. The normalized spacial score (nSPS) is 23.6. The summed E-state index contributed by atoms with van der Waals surface area (Å²) in [5.74, 6) is 1.66. The molecular weight excluding hydrogens is 348 g/mol.